The number of hydrogen-bond donors (Lipinski definition) is 0. The lowest BCUT2D eigenvalue weighted by Crippen LogP contribution is -2.47. The van der Waals surface area contributed by atoms with E-state index < -0.39 is 0 Å². The highest BCUT2D eigenvalue weighted by Crippen LogP contribution is 2.27. The van der Waals surface area contributed by atoms with Crippen molar-refractivity contribution in [1.29, 1.82) is 0 Å². The van der Waals surface area contributed by atoms with E-state index in [0.29, 0.717) is 0 Å². The normalized spacial score (nSPS) is 14.8. The monoisotopic (exact) mass is 428 g/mol. The van der Waals surface area contributed by atoms with Gasteiger partial charge in [0, 0.05) is 36.9 Å². The molecule has 0 radical (unpaired) electrons. The molecule has 0 unspecified atom stereocenters. The molecule has 1 fully saturated rings. The predicted molar refractivity (Wildman–Crippen MR) is 130 cm³/mol. The Kier molecular flexibility index (Phi) is 6.91. The third-order valence-electron chi connectivity index (χ3n) is 6.26. The SMILES string of the molecule is COc1cccc(CN2CCC(N(C(=O)c3cccc(C)c3)c3ccc(C)cc3)CC2)c1. The number of hydrogen-bond acceptors (Lipinski definition) is 3. The van der Waals surface area contributed by atoms with Crippen LogP contribution in [0.5, 0.6) is 5.75 Å². The number of ether oxygens (including phenoxy) is 1. The lowest BCUT2D eigenvalue weighted by atomic mass is 9.99. The quantitative estimate of drug-likeness (QED) is 0.511. The van der Waals surface area contributed by atoms with Gasteiger partial charge in [-0.15, -0.1) is 0 Å². The molecule has 0 N–H and O–H groups in total. The second kappa shape index (κ2) is 10.0. The van der Waals surface area contributed by atoms with E-state index in [0.717, 1.165) is 55.0 Å². The van der Waals surface area contributed by atoms with Crippen LogP contribution in [0.15, 0.2) is 72.8 Å². The van der Waals surface area contributed by atoms with Crippen LogP contribution in [0.4, 0.5) is 5.69 Å². The standard InChI is InChI=1S/C28H32N2O2/c1-21-10-12-25(13-11-21)30(28(31)24-8-4-6-22(2)18-24)26-14-16-29(17-15-26)20-23-7-5-9-27(19-23)32-3/h4-13,18-19,26H,14-17,20H2,1-3H3. The van der Waals surface area contributed by atoms with Crippen molar-refractivity contribution < 1.29 is 9.53 Å². The summed E-state index contributed by atoms with van der Waals surface area (Å²) in [6, 6.07) is 24.7. The summed E-state index contributed by atoms with van der Waals surface area (Å²) in [5.74, 6) is 0.982. The summed E-state index contributed by atoms with van der Waals surface area (Å²) in [5.41, 5.74) is 5.30. The molecule has 0 saturated carbocycles. The van der Waals surface area contributed by atoms with Crippen molar-refractivity contribution in [2.45, 2.75) is 39.3 Å². The fraction of sp³-hybridized carbons (Fsp3) is 0.321. The average molecular weight is 429 g/mol. The highest BCUT2D eigenvalue weighted by molar-refractivity contribution is 6.06. The number of carbonyl (C=O) groups is 1. The summed E-state index contributed by atoms with van der Waals surface area (Å²) < 4.78 is 5.36. The van der Waals surface area contributed by atoms with Crippen LogP contribution in [-0.2, 0) is 6.54 Å². The van der Waals surface area contributed by atoms with Crippen LogP contribution in [0.25, 0.3) is 0 Å². The van der Waals surface area contributed by atoms with Crippen LogP contribution < -0.4 is 9.64 Å². The number of carbonyl (C=O) groups excluding carboxylic acids is 1. The molecule has 1 aliphatic heterocycles. The molecule has 4 rings (SSSR count). The third kappa shape index (κ3) is 5.20. The number of piperidine rings is 1. The molecular weight excluding hydrogens is 396 g/mol. The molecule has 1 amide bonds. The Labute approximate surface area is 191 Å². The van der Waals surface area contributed by atoms with Crippen molar-refractivity contribution in [1.82, 2.24) is 4.90 Å². The number of anilines is 1. The lowest BCUT2D eigenvalue weighted by molar-refractivity contribution is 0.0958. The van der Waals surface area contributed by atoms with Crippen LogP contribution >= 0.6 is 0 Å². The molecular formula is C28H32N2O2. The topological polar surface area (TPSA) is 32.8 Å². The van der Waals surface area contributed by atoms with Crippen molar-refractivity contribution in [2.75, 3.05) is 25.1 Å². The minimum Gasteiger partial charge on any atom is -0.497 e. The van der Waals surface area contributed by atoms with Crippen molar-refractivity contribution >= 4 is 11.6 Å². The van der Waals surface area contributed by atoms with Gasteiger partial charge in [0.15, 0.2) is 0 Å². The Bertz CT molecular complexity index is 1050. The molecule has 4 nitrogen and oxygen atoms in total. The van der Waals surface area contributed by atoms with Gasteiger partial charge in [-0.2, -0.15) is 0 Å². The van der Waals surface area contributed by atoms with Crippen LogP contribution in [0, 0.1) is 13.8 Å². The number of aryl methyl sites for hydroxylation is 2. The van der Waals surface area contributed by atoms with E-state index in [1.807, 2.05) is 48.2 Å². The van der Waals surface area contributed by atoms with Crippen LogP contribution in [0.2, 0.25) is 0 Å². The zero-order valence-corrected chi connectivity index (χ0v) is 19.3. The molecule has 4 heteroatoms. The summed E-state index contributed by atoms with van der Waals surface area (Å²) in [6.07, 6.45) is 1.91. The van der Waals surface area contributed by atoms with E-state index >= 15 is 0 Å². The van der Waals surface area contributed by atoms with Crippen LogP contribution in [0.3, 0.4) is 0 Å². The van der Waals surface area contributed by atoms with Gasteiger partial charge in [-0.1, -0.05) is 47.5 Å². The molecule has 1 saturated heterocycles. The molecule has 1 aliphatic rings. The predicted octanol–water partition coefficient (Wildman–Crippen LogP) is 5.62. The highest BCUT2D eigenvalue weighted by Gasteiger charge is 2.30. The number of benzene rings is 3. The summed E-state index contributed by atoms with van der Waals surface area (Å²) >= 11 is 0. The summed E-state index contributed by atoms with van der Waals surface area (Å²) in [5, 5.41) is 0. The summed E-state index contributed by atoms with van der Waals surface area (Å²) in [7, 11) is 1.70. The van der Waals surface area contributed by atoms with E-state index in [4.69, 9.17) is 4.74 Å². The molecule has 32 heavy (non-hydrogen) atoms. The Morgan fingerprint density at radius 3 is 2.34 bits per heavy atom. The van der Waals surface area contributed by atoms with Gasteiger partial charge >= 0.3 is 0 Å². The molecule has 1 heterocycles. The average Bonchev–Trinajstić information content (AvgIpc) is 2.81. The van der Waals surface area contributed by atoms with Crippen molar-refractivity contribution in [3.63, 3.8) is 0 Å². The van der Waals surface area contributed by atoms with Gasteiger partial charge in [-0.25, -0.2) is 0 Å². The van der Waals surface area contributed by atoms with Crippen molar-refractivity contribution in [2.24, 2.45) is 0 Å². The first-order valence-electron chi connectivity index (χ1n) is 11.4. The van der Waals surface area contributed by atoms with Gasteiger partial charge in [0.2, 0.25) is 0 Å². The zero-order chi connectivity index (χ0) is 22.5. The second-order valence-corrected chi connectivity index (χ2v) is 8.74. The Balaban J connectivity index is 1.51. The first kappa shape index (κ1) is 22.1. The molecule has 3 aromatic carbocycles. The number of amides is 1. The molecule has 0 atom stereocenters. The van der Waals surface area contributed by atoms with Gasteiger partial charge in [-0.3, -0.25) is 9.69 Å². The van der Waals surface area contributed by atoms with Gasteiger partial charge in [0.05, 0.1) is 7.11 Å². The molecule has 0 bridgehead atoms. The van der Waals surface area contributed by atoms with E-state index in [1.165, 1.54) is 11.1 Å². The number of likely N-dealkylation sites (tertiary alicyclic amines) is 1. The second-order valence-electron chi connectivity index (χ2n) is 8.74. The number of methoxy groups -OCH3 is 1. The van der Waals surface area contributed by atoms with Gasteiger partial charge in [0.1, 0.15) is 5.75 Å². The molecule has 0 aromatic heterocycles. The maximum atomic E-state index is 13.6. The number of nitrogens with zero attached hydrogens (tertiary/aromatic N) is 2. The Morgan fingerprint density at radius 2 is 1.66 bits per heavy atom. The molecule has 3 aromatic rings. The summed E-state index contributed by atoms with van der Waals surface area (Å²) in [4.78, 5) is 18.1. The zero-order valence-electron chi connectivity index (χ0n) is 19.3. The van der Waals surface area contributed by atoms with Crippen molar-refractivity contribution in [3.8, 4) is 5.75 Å². The van der Waals surface area contributed by atoms with Crippen LogP contribution in [-0.4, -0.2) is 37.0 Å². The van der Waals surface area contributed by atoms with E-state index in [9.17, 15) is 4.79 Å². The third-order valence-corrected chi connectivity index (χ3v) is 6.26. The van der Waals surface area contributed by atoms with Gasteiger partial charge in [-0.05, 0) is 68.7 Å². The molecule has 0 aliphatic carbocycles. The first-order chi connectivity index (χ1) is 15.5. The minimum absolute atomic E-state index is 0.0869. The Hall–Kier alpha value is -3.11. The molecule has 0 spiro atoms. The van der Waals surface area contributed by atoms with Gasteiger partial charge < -0.3 is 9.64 Å². The fourth-order valence-electron chi connectivity index (χ4n) is 4.48. The Morgan fingerprint density at radius 1 is 0.938 bits per heavy atom. The number of rotatable bonds is 6. The lowest BCUT2D eigenvalue weighted by Gasteiger charge is -2.39. The maximum absolute atomic E-state index is 13.6. The fourth-order valence-corrected chi connectivity index (χ4v) is 4.48. The maximum Gasteiger partial charge on any atom is 0.258 e. The van der Waals surface area contributed by atoms with Crippen LogP contribution in [0.1, 0.15) is 39.9 Å². The smallest absolute Gasteiger partial charge is 0.258 e. The summed E-state index contributed by atoms with van der Waals surface area (Å²) in [6.45, 7) is 6.94. The van der Waals surface area contributed by atoms with E-state index in [1.54, 1.807) is 7.11 Å². The largest absolute Gasteiger partial charge is 0.497 e. The van der Waals surface area contributed by atoms with E-state index in [-0.39, 0.29) is 11.9 Å². The first-order valence-corrected chi connectivity index (χ1v) is 11.4. The minimum atomic E-state index is 0.0869. The van der Waals surface area contributed by atoms with Crippen molar-refractivity contribution in [3.05, 3.63) is 95.1 Å². The highest BCUT2D eigenvalue weighted by atomic mass is 16.5. The van der Waals surface area contributed by atoms with Gasteiger partial charge in [0.25, 0.3) is 5.91 Å². The van der Waals surface area contributed by atoms with E-state index in [2.05, 4.69) is 48.2 Å². The molecule has 166 valence electrons.